The number of ketones is 1. The Morgan fingerprint density at radius 3 is 2.55 bits per heavy atom. The second-order valence-electron chi connectivity index (χ2n) is 6.86. The van der Waals surface area contributed by atoms with E-state index in [9.17, 15) is 14.7 Å². The predicted molar refractivity (Wildman–Crippen MR) is 111 cm³/mol. The van der Waals surface area contributed by atoms with Crippen LogP contribution in [-0.4, -0.2) is 68.0 Å². The quantitative estimate of drug-likeness (QED) is 0.667. The number of likely N-dealkylation sites (N-methyl/N-ethyl adjacent to an activating group) is 1. The summed E-state index contributed by atoms with van der Waals surface area (Å²) in [6.45, 7) is 0.907. The fraction of sp³-hybridized carbons (Fsp3) is 0.333. The summed E-state index contributed by atoms with van der Waals surface area (Å²) in [6.07, 6.45) is 0. The topological polar surface area (TPSA) is 79.3 Å². The number of Topliss-reactive ketones (excluding diaryl/α,β-unsaturated/α-hetero) is 1. The van der Waals surface area contributed by atoms with Crippen LogP contribution in [0.4, 0.5) is 0 Å². The molecule has 1 aliphatic rings. The lowest BCUT2D eigenvalue weighted by Crippen LogP contribution is -2.36. The van der Waals surface area contributed by atoms with Gasteiger partial charge in [0, 0.05) is 18.7 Å². The first kappa shape index (κ1) is 20.9. The molecule has 154 valence electrons. The monoisotopic (exact) mass is 416 g/mol. The van der Waals surface area contributed by atoms with Crippen LogP contribution in [0.1, 0.15) is 21.3 Å². The number of rotatable bonds is 8. The largest absolute Gasteiger partial charge is 0.503 e. The van der Waals surface area contributed by atoms with Crippen LogP contribution < -0.4 is 9.47 Å². The van der Waals surface area contributed by atoms with Crippen LogP contribution in [0, 0.1) is 0 Å². The first-order chi connectivity index (χ1) is 13.9. The average molecular weight is 416 g/mol. The molecule has 3 rings (SSSR count). The van der Waals surface area contributed by atoms with Gasteiger partial charge < -0.3 is 24.4 Å². The third kappa shape index (κ3) is 3.86. The number of aliphatic hydroxyl groups excluding tert-OH is 1. The molecule has 2 aromatic rings. The number of hydrogen-bond acceptors (Lipinski definition) is 7. The van der Waals surface area contributed by atoms with Crippen LogP contribution in [0.5, 0.6) is 11.5 Å². The van der Waals surface area contributed by atoms with E-state index in [4.69, 9.17) is 9.47 Å². The molecular formula is C21H24N2O5S. The molecule has 0 saturated heterocycles. The number of methoxy groups -OCH3 is 2. The smallest absolute Gasteiger partial charge is 0.290 e. The highest BCUT2D eigenvalue weighted by Crippen LogP contribution is 2.45. The summed E-state index contributed by atoms with van der Waals surface area (Å²) in [5, 5.41) is 12.5. The highest BCUT2D eigenvalue weighted by atomic mass is 32.1. The van der Waals surface area contributed by atoms with Crippen molar-refractivity contribution in [1.82, 2.24) is 9.80 Å². The fourth-order valence-electron chi connectivity index (χ4n) is 3.42. The molecule has 0 bridgehead atoms. The number of amides is 1. The van der Waals surface area contributed by atoms with Gasteiger partial charge >= 0.3 is 0 Å². The van der Waals surface area contributed by atoms with Crippen molar-refractivity contribution in [2.45, 2.75) is 6.04 Å². The number of benzene rings is 1. The summed E-state index contributed by atoms with van der Waals surface area (Å²) in [7, 11) is 6.82. The summed E-state index contributed by atoms with van der Waals surface area (Å²) in [6, 6.07) is 7.96. The minimum atomic E-state index is -0.776. The van der Waals surface area contributed by atoms with Gasteiger partial charge in [0.1, 0.15) is 0 Å². The zero-order valence-corrected chi connectivity index (χ0v) is 17.7. The van der Waals surface area contributed by atoms with E-state index in [1.807, 2.05) is 19.0 Å². The maximum Gasteiger partial charge on any atom is 0.290 e. The van der Waals surface area contributed by atoms with Crippen LogP contribution in [0.25, 0.3) is 0 Å². The third-order valence-corrected chi connectivity index (χ3v) is 5.68. The zero-order chi connectivity index (χ0) is 21.1. The Morgan fingerprint density at radius 1 is 1.21 bits per heavy atom. The SMILES string of the molecule is COc1cccc([C@@H]2C(C(=O)c3cccs3)=C(O)C(=O)N2CCN(C)C)c1OC. The molecule has 29 heavy (non-hydrogen) atoms. The van der Waals surface area contributed by atoms with E-state index in [1.54, 1.807) is 35.7 Å². The van der Waals surface area contributed by atoms with Crippen LogP contribution in [0.3, 0.4) is 0 Å². The molecule has 1 aromatic carbocycles. The molecule has 0 radical (unpaired) electrons. The molecule has 1 aliphatic heterocycles. The molecule has 0 aliphatic carbocycles. The van der Waals surface area contributed by atoms with Gasteiger partial charge in [0.15, 0.2) is 17.3 Å². The van der Waals surface area contributed by atoms with Crippen molar-refractivity contribution in [3.8, 4) is 11.5 Å². The third-order valence-electron chi connectivity index (χ3n) is 4.81. The normalized spacial score (nSPS) is 16.7. The molecule has 2 heterocycles. The minimum absolute atomic E-state index is 0.0581. The fourth-order valence-corrected chi connectivity index (χ4v) is 4.09. The Morgan fingerprint density at radius 2 is 1.97 bits per heavy atom. The van der Waals surface area contributed by atoms with E-state index in [-0.39, 0.29) is 11.4 Å². The lowest BCUT2D eigenvalue weighted by atomic mass is 9.94. The van der Waals surface area contributed by atoms with E-state index < -0.39 is 17.7 Å². The van der Waals surface area contributed by atoms with Gasteiger partial charge in [-0.15, -0.1) is 11.3 Å². The average Bonchev–Trinajstić information content (AvgIpc) is 3.33. The number of carbonyl (C=O) groups is 2. The maximum atomic E-state index is 13.2. The van der Waals surface area contributed by atoms with Crippen LogP contribution in [-0.2, 0) is 4.79 Å². The number of ether oxygens (including phenoxy) is 2. The van der Waals surface area contributed by atoms with Crippen molar-refractivity contribution < 1.29 is 24.2 Å². The van der Waals surface area contributed by atoms with E-state index in [0.717, 1.165) is 0 Å². The van der Waals surface area contributed by atoms with Gasteiger partial charge in [-0.25, -0.2) is 0 Å². The van der Waals surface area contributed by atoms with Gasteiger partial charge in [-0.3, -0.25) is 9.59 Å². The van der Waals surface area contributed by atoms with Crippen molar-refractivity contribution in [2.24, 2.45) is 0 Å². The van der Waals surface area contributed by atoms with E-state index in [2.05, 4.69) is 0 Å². The Kier molecular flexibility index (Phi) is 6.24. The summed E-state index contributed by atoms with van der Waals surface area (Å²) in [5.74, 6) is -0.542. The molecule has 7 nitrogen and oxygen atoms in total. The van der Waals surface area contributed by atoms with Gasteiger partial charge in [0.2, 0.25) is 5.78 Å². The molecule has 0 spiro atoms. The molecule has 1 amide bonds. The van der Waals surface area contributed by atoms with Gasteiger partial charge in [0.05, 0.1) is 30.7 Å². The molecule has 0 fully saturated rings. The number of carbonyl (C=O) groups excluding carboxylic acids is 2. The summed E-state index contributed by atoms with van der Waals surface area (Å²) < 4.78 is 11.0. The summed E-state index contributed by atoms with van der Waals surface area (Å²) >= 11 is 1.27. The lowest BCUT2D eigenvalue weighted by Gasteiger charge is -2.29. The number of thiophene rings is 1. The van der Waals surface area contributed by atoms with Crippen LogP contribution in [0.2, 0.25) is 0 Å². The first-order valence-electron chi connectivity index (χ1n) is 9.08. The Hall–Kier alpha value is -2.84. The molecule has 8 heteroatoms. The van der Waals surface area contributed by atoms with Crippen molar-refractivity contribution in [3.05, 3.63) is 57.5 Å². The van der Waals surface area contributed by atoms with Crippen LogP contribution in [0.15, 0.2) is 47.0 Å². The predicted octanol–water partition coefficient (Wildman–Crippen LogP) is 2.91. The second kappa shape index (κ2) is 8.67. The van der Waals surface area contributed by atoms with Crippen LogP contribution >= 0.6 is 11.3 Å². The molecule has 1 atom stereocenters. The van der Waals surface area contributed by atoms with Crippen molar-refractivity contribution in [2.75, 3.05) is 41.4 Å². The second-order valence-corrected chi connectivity index (χ2v) is 7.80. The molecular weight excluding hydrogens is 392 g/mol. The Bertz CT molecular complexity index is 937. The molecule has 0 saturated carbocycles. The number of hydrogen-bond donors (Lipinski definition) is 1. The highest BCUT2D eigenvalue weighted by molar-refractivity contribution is 7.12. The number of aliphatic hydroxyl groups is 1. The first-order valence-corrected chi connectivity index (χ1v) is 9.96. The van der Waals surface area contributed by atoms with E-state index >= 15 is 0 Å². The number of para-hydroxylation sites is 1. The standard InChI is InChI=1S/C21H24N2O5S/c1-22(2)10-11-23-17(13-7-5-8-14(27-3)20(13)28-4)16(19(25)21(23)26)18(24)15-9-6-12-29-15/h5-9,12,17,25H,10-11H2,1-4H3/t17-/m1/s1. The molecule has 1 N–H and O–H groups in total. The Labute approximate surface area is 173 Å². The molecule has 0 unspecified atom stereocenters. The number of nitrogens with zero attached hydrogens (tertiary/aromatic N) is 2. The van der Waals surface area contributed by atoms with E-state index in [0.29, 0.717) is 35.0 Å². The highest BCUT2D eigenvalue weighted by Gasteiger charge is 2.45. The van der Waals surface area contributed by atoms with Crippen molar-refractivity contribution >= 4 is 23.0 Å². The van der Waals surface area contributed by atoms with E-state index in [1.165, 1.54) is 30.5 Å². The van der Waals surface area contributed by atoms with Crippen molar-refractivity contribution in [3.63, 3.8) is 0 Å². The molecule has 1 aromatic heterocycles. The van der Waals surface area contributed by atoms with Gasteiger partial charge in [-0.1, -0.05) is 18.2 Å². The zero-order valence-electron chi connectivity index (χ0n) is 16.8. The minimum Gasteiger partial charge on any atom is -0.503 e. The van der Waals surface area contributed by atoms with Gasteiger partial charge in [-0.2, -0.15) is 0 Å². The Balaban J connectivity index is 2.16. The summed E-state index contributed by atoms with van der Waals surface area (Å²) in [5.41, 5.74) is 0.644. The van der Waals surface area contributed by atoms with Crippen molar-refractivity contribution in [1.29, 1.82) is 0 Å². The van der Waals surface area contributed by atoms with Gasteiger partial charge in [0.25, 0.3) is 5.91 Å². The maximum absolute atomic E-state index is 13.2. The summed E-state index contributed by atoms with van der Waals surface area (Å²) in [4.78, 5) is 30.0. The lowest BCUT2D eigenvalue weighted by molar-refractivity contribution is -0.129. The van der Waals surface area contributed by atoms with Gasteiger partial charge in [-0.05, 0) is 31.6 Å².